The maximum absolute atomic E-state index is 11.1. The molecule has 0 saturated carbocycles. The summed E-state index contributed by atoms with van der Waals surface area (Å²) in [6.07, 6.45) is 6.80. The van der Waals surface area contributed by atoms with Gasteiger partial charge in [-0.1, -0.05) is 26.0 Å². The molecular formula is C10H17NO. The predicted octanol–water partition coefficient (Wildman–Crippen LogP) is 1.87. The summed E-state index contributed by atoms with van der Waals surface area (Å²) in [4.78, 5) is 11.1. The van der Waals surface area contributed by atoms with Gasteiger partial charge in [0, 0.05) is 12.5 Å². The molecule has 0 aromatic rings. The van der Waals surface area contributed by atoms with Gasteiger partial charge in [-0.15, -0.1) is 0 Å². The van der Waals surface area contributed by atoms with Crippen molar-refractivity contribution in [2.75, 3.05) is 0 Å². The summed E-state index contributed by atoms with van der Waals surface area (Å²) in [5.41, 5.74) is 0. The van der Waals surface area contributed by atoms with Crippen molar-refractivity contribution >= 4 is 5.91 Å². The van der Waals surface area contributed by atoms with Crippen molar-refractivity contribution in [1.29, 1.82) is 0 Å². The van der Waals surface area contributed by atoms with Crippen LogP contribution in [0.5, 0.6) is 0 Å². The van der Waals surface area contributed by atoms with Crippen molar-refractivity contribution in [3.63, 3.8) is 0 Å². The van der Waals surface area contributed by atoms with E-state index in [-0.39, 0.29) is 11.9 Å². The molecule has 12 heavy (non-hydrogen) atoms. The van der Waals surface area contributed by atoms with E-state index >= 15 is 0 Å². The van der Waals surface area contributed by atoms with Crippen molar-refractivity contribution in [3.05, 3.63) is 12.2 Å². The van der Waals surface area contributed by atoms with Crippen molar-refractivity contribution in [2.24, 2.45) is 5.92 Å². The Labute approximate surface area is 74.0 Å². The van der Waals surface area contributed by atoms with Gasteiger partial charge in [0.2, 0.25) is 5.91 Å². The second kappa shape index (κ2) is 4.29. The van der Waals surface area contributed by atoms with Gasteiger partial charge < -0.3 is 5.32 Å². The van der Waals surface area contributed by atoms with Gasteiger partial charge in [-0.25, -0.2) is 0 Å². The zero-order valence-electron chi connectivity index (χ0n) is 7.84. The lowest BCUT2D eigenvalue weighted by Gasteiger charge is -2.15. The third kappa shape index (κ3) is 3.07. The minimum atomic E-state index is 0.186. The van der Waals surface area contributed by atoms with Crippen LogP contribution in [0, 0.1) is 5.92 Å². The molecule has 1 aliphatic rings. The summed E-state index contributed by atoms with van der Waals surface area (Å²) >= 11 is 0. The number of carbonyl (C=O) groups is 1. The van der Waals surface area contributed by atoms with Crippen LogP contribution < -0.4 is 5.32 Å². The Balaban J connectivity index is 2.45. The van der Waals surface area contributed by atoms with Crippen LogP contribution in [0.4, 0.5) is 0 Å². The second-order valence-electron chi connectivity index (χ2n) is 3.77. The van der Waals surface area contributed by atoms with E-state index in [4.69, 9.17) is 0 Å². The van der Waals surface area contributed by atoms with Crippen molar-refractivity contribution in [3.8, 4) is 0 Å². The highest BCUT2D eigenvalue weighted by atomic mass is 16.1. The maximum Gasteiger partial charge on any atom is 0.220 e. The van der Waals surface area contributed by atoms with Crippen LogP contribution in [0.3, 0.4) is 0 Å². The molecule has 2 nitrogen and oxygen atoms in total. The van der Waals surface area contributed by atoms with Gasteiger partial charge in [-0.2, -0.15) is 0 Å². The zero-order valence-corrected chi connectivity index (χ0v) is 7.84. The molecular weight excluding hydrogens is 150 g/mol. The summed E-state index contributed by atoms with van der Waals surface area (Å²) < 4.78 is 0. The van der Waals surface area contributed by atoms with Gasteiger partial charge in [0.1, 0.15) is 0 Å². The molecule has 1 N–H and O–H groups in total. The first kappa shape index (κ1) is 9.30. The standard InChI is InChI=1S/C10H17NO/c1-8(2)7-9-5-3-4-6-10(12)11-9/h3,5,8-9H,4,6-7H2,1-2H3,(H,11,12). The van der Waals surface area contributed by atoms with Crippen LogP contribution in [-0.2, 0) is 4.79 Å². The number of allylic oxidation sites excluding steroid dienone is 1. The van der Waals surface area contributed by atoms with E-state index < -0.39 is 0 Å². The summed E-state index contributed by atoms with van der Waals surface area (Å²) in [6, 6.07) is 0.264. The summed E-state index contributed by atoms with van der Waals surface area (Å²) in [7, 11) is 0. The molecule has 0 aromatic carbocycles. The molecule has 0 spiro atoms. The van der Waals surface area contributed by atoms with E-state index in [1.54, 1.807) is 0 Å². The van der Waals surface area contributed by atoms with E-state index in [1.165, 1.54) is 0 Å². The molecule has 0 radical (unpaired) electrons. The number of carbonyl (C=O) groups excluding carboxylic acids is 1. The molecule has 1 atom stereocenters. The molecule has 1 unspecified atom stereocenters. The number of hydrogen-bond acceptors (Lipinski definition) is 1. The normalized spacial score (nSPS) is 23.9. The van der Waals surface area contributed by atoms with Gasteiger partial charge in [0.25, 0.3) is 0 Å². The fourth-order valence-electron chi connectivity index (χ4n) is 1.45. The van der Waals surface area contributed by atoms with E-state index in [2.05, 4.69) is 31.3 Å². The smallest absolute Gasteiger partial charge is 0.220 e. The Bertz CT molecular complexity index is 184. The third-order valence-electron chi connectivity index (χ3n) is 1.98. The van der Waals surface area contributed by atoms with Gasteiger partial charge in [-0.3, -0.25) is 4.79 Å². The molecule has 0 bridgehead atoms. The first-order valence-corrected chi connectivity index (χ1v) is 4.64. The highest BCUT2D eigenvalue weighted by Crippen LogP contribution is 2.09. The molecule has 1 aliphatic heterocycles. The Morgan fingerprint density at radius 1 is 1.67 bits per heavy atom. The minimum Gasteiger partial charge on any atom is -0.350 e. The van der Waals surface area contributed by atoms with Crippen molar-refractivity contribution < 1.29 is 4.79 Å². The fourth-order valence-corrected chi connectivity index (χ4v) is 1.45. The maximum atomic E-state index is 11.1. The number of amides is 1. The van der Waals surface area contributed by atoms with Crippen LogP contribution >= 0.6 is 0 Å². The van der Waals surface area contributed by atoms with Crippen LogP contribution in [0.1, 0.15) is 33.1 Å². The Morgan fingerprint density at radius 2 is 2.42 bits per heavy atom. The lowest BCUT2D eigenvalue weighted by molar-refractivity contribution is -0.121. The molecule has 68 valence electrons. The highest BCUT2D eigenvalue weighted by Gasteiger charge is 2.12. The first-order chi connectivity index (χ1) is 5.68. The largest absolute Gasteiger partial charge is 0.350 e. The number of rotatable bonds is 2. The zero-order chi connectivity index (χ0) is 8.97. The first-order valence-electron chi connectivity index (χ1n) is 4.64. The summed E-state index contributed by atoms with van der Waals surface area (Å²) in [5, 5.41) is 2.98. The van der Waals surface area contributed by atoms with E-state index in [0.717, 1.165) is 12.8 Å². The average molecular weight is 167 g/mol. The number of hydrogen-bond donors (Lipinski definition) is 1. The summed E-state index contributed by atoms with van der Waals surface area (Å²) in [6.45, 7) is 4.34. The van der Waals surface area contributed by atoms with Crippen LogP contribution in [0.15, 0.2) is 12.2 Å². The van der Waals surface area contributed by atoms with Crippen molar-refractivity contribution in [1.82, 2.24) is 5.32 Å². The Hall–Kier alpha value is -0.790. The monoisotopic (exact) mass is 167 g/mol. The molecule has 0 aromatic heterocycles. The van der Waals surface area contributed by atoms with E-state index in [9.17, 15) is 4.79 Å². The topological polar surface area (TPSA) is 29.1 Å². The average Bonchev–Trinajstić information content (AvgIpc) is 2.12. The third-order valence-corrected chi connectivity index (χ3v) is 1.98. The Kier molecular flexibility index (Phi) is 3.32. The van der Waals surface area contributed by atoms with Crippen LogP contribution in [0.2, 0.25) is 0 Å². The quantitative estimate of drug-likeness (QED) is 0.625. The predicted molar refractivity (Wildman–Crippen MR) is 49.8 cm³/mol. The molecule has 1 rings (SSSR count). The Morgan fingerprint density at radius 3 is 3.08 bits per heavy atom. The van der Waals surface area contributed by atoms with Gasteiger partial charge in [0.15, 0.2) is 0 Å². The van der Waals surface area contributed by atoms with Crippen molar-refractivity contribution in [2.45, 2.75) is 39.2 Å². The molecule has 0 fully saturated rings. The molecule has 0 saturated heterocycles. The second-order valence-corrected chi connectivity index (χ2v) is 3.77. The van der Waals surface area contributed by atoms with Gasteiger partial charge >= 0.3 is 0 Å². The fraction of sp³-hybridized carbons (Fsp3) is 0.700. The molecule has 1 amide bonds. The summed E-state index contributed by atoms with van der Waals surface area (Å²) in [5.74, 6) is 0.823. The number of nitrogens with one attached hydrogen (secondary N) is 1. The highest BCUT2D eigenvalue weighted by molar-refractivity contribution is 5.77. The van der Waals surface area contributed by atoms with Gasteiger partial charge in [0.05, 0.1) is 0 Å². The van der Waals surface area contributed by atoms with Gasteiger partial charge in [-0.05, 0) is 18.8 Å². The molecule has 1 heterocycles. The molecule has 2 heteroatoms. The van der Waals surface area contributed by atoms with E-state index in [0.29, 0.717) is 12.3 Å². The SMILES string of the molecule is CC(C)CC1C=CCCC(=O)N1. The minimum absolute atomic E-state index is 0.186. The lowest BCUT2D eigenvalue weighted by atomic mass is 10.0. The molecule has 0 aliphatic carbocycles. The van der Waals surface area contributed by atoms with Crippen LogP contribution in [-0.4, -0.2) is 11.9 Å². The lowest BCUT2D eigenvalue weighted by Crippen LogP contribution is -2.32. The van der Waals surface area contributed by atoms with Crippen LogP contribution in [0.25, 0.3) is 0 Å². The van der Waals surface area contributed by atoms with E-state index in [1.807, 2.05) is 0 Å².